The highest BCUT2D eigenvalue weighted by molar-refractivity contribution is 6.05. The maximum atomic E-state index is 12.5. The first-order chi connectivity index (χ1) is 13.5. The van der Waals surface area contributed by atoms with Gasteiger partial charge in [-0.15, -0.1) is 12.4 Å². The Balaban J connectivity index is 0.00000300. The molecule has 29 heavy (non-hydrogen) atoms. The van der Waals surface area contributed by atoms with Gasteiger partial charge in [-0.2, -0.15) is 0 Å². The highest BCUT2D eigenvalue weighted by Crippen LogP contribution is 2.31. The largest absolute Gasteiger partial charge is 0.493 e. The van der Waals surface area contributed by atoms with Gasteiger partial charge in [0.2, 0.25) is 0 Å². The second-order valence-corrected chi connectivity index (χ2v) is 6.66. The minimum Gasteiger partial charge on any atom is -0.493 e. The van der Waals surface area contributed by atoms with E-state index in [1.165, 1.54) is 0 Å². The highest BCUT2D eigenvalue weighted by Gasteiger charge is 2.23. The number of nitrogens with two attached hydrogens (primary N) is 1. The van der Waals surface area contributed by atoms with E-state index in [2.05, 4.69) is 5.32 Å². The van der Waals surface area contributed by atoms with Gasteiger partial charge in [-0.3, -0.25) is 15.0 Å². The Kier molecular flexibility index (Phi) is 7.61. The van der Waals surface area contributed by atoms with E-state index < -0.39 is 0 Å². The van der Waals surface area contributed by atoms with Crippen molar-refractivity contribution in [2.24, 2.45) is 11.7 Å². The van der Waals surface area contributed by atoms with Gasteiger partial charge in [0.1, 0.15) is 11.6 Å². The van der Waals surface area contributed by atoms with E-state index in [1.807, 2.05) is 12.1 Å². The standard InChI is InChI=1S/C21H23N3O4.ClH/c1-2-27-19(25)10-13-9-16-11-17(7-8-18(16)28-12-13)24-21(26)15-5-3-14(4-6-15)20(22)23;/h3-8,11,13H,2,9-10,12H2,1H3,(H3,22,23)(H,24,26);1H. The van der Waals surface area contributed by atoms with E-state index in [9.17, 15) is 9.59 Å². The average Bonchev–Trinajstić information content (AvgIpc) is 2.68. The van der Waals surface area contributed by atoms with E-state index in [1.54, 1.807) is 37.3 Å². The number of fused-ring (bicyclic) bond motifs is 1. The first-order valence-electron chi connectivity index (χ1n) is 9.13. The maximum absolute atomic E-state index is 12.5. The molecule has 1 amide bonds. The molecule has 3 rings (SSSR count). The third-order valence-corrected chi connectivity index (χ3v) is 4.52. The van der Waals surface area contributed by atoms with Crippen LogP contribution in [-0.4, -0.2) is 30.9 Å². The molecular weight excluding hydrogens is 394 g/mol. The van der Waals surface area contributed by atoms with Crippen LogP contribution in [0.3, 0.4) is 0 Å². The fourth-order valence-corrected chi connectivity index (χ4v) is 3.13. The van der Waals surface area contributed by atoms with Gasteiger partial charge in [-0.25, -0.2) is 0 Å². The lowest BCUT2D eigenvalue weighted by atomic mass is 9.93. The average molecular weight is 418 g/mol. The smallest absolute Gasteiger partial charge is 0.306 e. The van der Waals surface area contributed by atoms with E-state index in [0.717, 1.165) is 11.3 Å². The molecule has 1 aliphatic rings. The first-order valence-corrected chi connectivity index (χ1v) is 9.13. The van der Waals surface area contributed by atoms with Gasteiger partial charge < -0.3 is 20.5 Å². The number of amides is 1. The van der Waals surface area contributed by atoms with Crippen LogP contribution in [0.5, 0.6) is 5.75 Å². The summed E-state index contributed by atoms with van der Waals surface area (Å²) in [5.41, 5.74) is 8.07. The fraction of sp³-hybridized carbons (Fsp3) is 0.286. The lowest BCUT2D eigenvalue weighted by Crippen LogP contribution is -2.24. The van der Waals surface area contributed by atoms with Crippen molar-refractivity contribution in [3.05, 3.63) is 59.2 Å². The first kappa shape index (κ1) is 22.2. The molecule has 0 aliphatic carbocycles. The molecule has 2 aromatic rings. The van der Waals surface area contributed by atoms with Crippen molar-refractivity contribution in [3.63, 3.8) is 0 Å². The van der Waals surface area contributed by atoms with Crippen LogP contribution in [0.25, 0.3) is 0 Å². The van der Waals surface area contributed by atoms with E-state index in [0.29, 0.717) is 42.9 Å². The number of rotatable bonds is 6. The Morgan fingerprint density at radius 1 is 1.21 bits per heavy atom. The van der Waals surface area contributed by atoms with Crippen LogP contribution in [0.15, 0.2) is 42.5 Å². The number of halogens is 1. The van der Waals surface area contributed by atoms with Crippen LogP contribution < -0.4 is 15.8 Å². The number of amidine groups is 1. The van der Waals surface area contributed by atoms with Crippen molar-refractivity contribution in [1.82, 2.24) is 0 Å². The second-order valence-electron chi connectivity index (χ2n) is 6.66. The van der Waals surface area contributed by atoms with Crippen LogP contribution in [0.1, 0.15) is 34.8 Å². The van der Waals surface area contributed by atoms with Crippen LogP contribution >= 0.6 is 12.4 Å². The van der Waals surface area contributed by atoms with E-state index in [-0.39, 0.29) is 36.0 Å². The number of hydrogen-bond acceptors (Lipinski definition) is 5. The van der Waals surface area contributed by atoms with Gasteiger partial charge in [0.05, 0.1) is 19.6 Å². The predicted octanol–water partition coefficient (Wildman–Crippen LogP) is 3.15. The molecule has 0 saturated carbocycles. The quantitative estimate of drug-likeness (QED) is 0.379. The minimum atomic E-state index is -0.255. The molecule has 1 aliphatic heterocycles. The third kappa shape index (κ3) is 5.71. The van der Waals surface area contributed by atoms with Gasteiger partial charge >= 0.3 is 5.97 Å². The molecule has 8 heteroatoms. The van der Waals surface area contributed by atoms with Gasteiger partial charge in [-0.05, 0) is 49.2 Å². The maximum Gasteiger partial charge on any atom is 0.306 e. The molecular formula is C21H24ClN3O4. The Bertz CT molecular complexity index is 899. The van der Waals surface area contributed by atoms with Crippen molar-refractivity contribution < 1.29 is 19.1 Å². The fourth-order valence-electron chi connectivity index (χ4n) is 3.13. The summed E-state index contributed by atoms with van der Waals surface area (Å²) in [5.74, 6) is 0.299. The van der Waals surface area contributed by atoms with Crippen LogP contribution in [0.2, 0.25) is 0 Å². The van der Waals surface area contributed by atoms with Crippen LogP contribution in [0, 0.1) is 11.3 Å². The number of ether oxygens (including phenoxy) is 2. The number of anilines is 1. The SMILES string of the molecule is CCOC(=O)CC1COc2ccc(NC(=O)c3ccc(C(=N)N)cc3)cc2C1.Cl. The summed E-state index contributed by atoms with van der Waals surface area (Å²) >= 11 is 0. The summed E-state index contributed by atoms with van der Waals surface area (Å²) in [6.07, 6.45) is 0.998. The number of hydrogen-bond donors (Lipinski definition) is 3. The van der Waals surface area contributed by atoms with Crippen molar-refractivity contribution >= 4 is 35.8 Å². The zero-order valence-electron chi connectivity index (χ0n) is 16.1. The van der Waals surface area contributed by atoms with Crippen molar-refractivity contribution in [1.29, 1.82) is 5.41 Å². The van der Waals surface area contributed by atoms with Gasteiger partial charge in [-0.1, -0.05) is 12.1 Å². The monoisotopic (exact) mass is 417 g/mol. The third-order valence-electron chi connectivity index (χ3n) is 4.52. The molecule has 0 saturated heterocycles. The van der Waals surface area contributed by atoms with Crippen LogP contribution in [-0.2, 0) is 16.0 Å². The molecule has 0 spiro atoms. The lowest BCUT2D eigenvalue weighted by Gasteiger charge is -2.25. The number of nitrogen functional groups attached to an aromatic ring is 1. The van der Waals surface area contributed by atoms with Crippen LogP contribution in [0.4, 0.5) is 5.69 Å². The molecule has 154 valence electrons. The predicted molar refractivity (Wildman–Crippen MR) is 113 cm³/mol. The summed E-state index contributed by atoms with van der Waals surface area (Å²) in [5, 5.41) is 10.3. The molecule has 4 N–H and O–H groups in total. The molecule has 1 unspecified atom stereocenters. The van der Waals surface area contributed by atoms with E-state index >= 15 is 0 Å². The topological polar surface area (TPSA) is 114 Å². The molecule has 7 nitrogen and oxygen atoms in total. The zero-order valence-corrected chi connectivity index (χ0v) is 16.9. The second kappa shape index (κ2) is 9.93. The lowest BCUT2D eigenvalue weighted by molar-refractivity contribution is -0.144. The molecule has 0 bridgehead atoms. The van der Waals surface area contributed by atoms with Gasteiger partial charge in [0, 0.05) is 22.7 Å². The summed E-state index contributed by atoms with van der Waals surface area (Å²) in [7, 11) is 0. The summed E-state index contributed by atoms with van der Waals surface area (Å²) in [4.78, 5) is 24.2. The minimum absolute atomic E-state index is 0. The van der Waals surface area contributed by atoms with Gasteiger partial charge in [0.25, 0.3) is 5.91 Å². The molecule has 0 fully saturated rings. The summed E-state index contributed by atoms with van der Waals surface area (Å²) < 4.78 is 10.8. The Hall–Kier alpha value is -3.06. The van der Waals surface area contributed by atoms with Crippen molar-refractivity contribution in [2.45, 2.75) is 19.8 Å². The van der Waals surface area contributed by atoms with Crippen molar-refractivity contribution in [3.8, 4) is 5.75 Å². The normalized spacial score (nSPS) is 14.6. The summed E-state index contributed by atoms with van der Waals surface area (Å²) in [6.45, 7) is 2.62. The highest BCUT2D eigenvalue weighted by atomic mass is 35.5. The van der Waals surface area contributed by atoms with E-state index in [4.69, 9.17) is 20.6 Å². The van der Waals surface area contributed by atoms with Gasteiger partial charge in [0.15, 0.2) is 0 Å². The number of carbonyl (C=O) groups is 2. The molecule has 2 aromatic carbocycles. The molecule has 1 heterocycles. The Morgan fingerprint density at radius 2 is 1.90 bits per heavy atom. The summed E-state index contributed by atoms with van der Waals surface area (Å²) in [6, 6.07) is 12.0. The Labute approximate surface area is 175 Å². The number of carbonyl (C=O) groups excluding carboxylic acids is 2. The molecule has 0 aromatic heterocycles. The number of benzene rings is 2. The molecule has 0 radical (unpaired) electrons. The number of nitrogens with one attached hydrogen (secondary N) is 2. The molecule has 1 atom stereocenters. The Morgan fingerprint density at radius 3 is 2.55 bits per heavy atom. The number of esters is 1. The zero-order chi connectivity index (χ0) is 20.1. The van der Waals surface area contributed by atoms with Crippen molar-refractivity contribution in [2.75, 3.05) is 18.5 Å².